The zero-order valence-corrected chi connectivity index (χ0v) is 14.3. The van der Waals surface area contributed by atoms with E-state index in [4.69, 9.17) is 4.74 Å². The number of hydrogen-bond acceptors (Lipinski definition) is 4. The molecule has 0 bridgehead atoms. The van der Waals surface area contributed by atoms with E-state index >= 15 is 0 Å². The molecule has 0 amide bonds. The molecule has 1 aromatic rings. The number of carbonyl (C=O) groups is 1. The van der Waals surface area contributed by atoms with Crippen LogP contribution in [0.3, 0.4) is 0 Å². The molecular formula is C19H21FN2O2. The van der Waals surface area contributed by atoms with E-state index in [1.807, 2.05) is 13.8 Å². The molecule has 0 aromatic heterocycles. The van der Waals surface area contributed by atoms with Crippen LogP contribution in [-0.2, 0) is 9.53 Å². The third kappa shape index (κ3) is 3.38. The molecule has 1 aliphatic rings. The topological polar surface area (TPSA) is 62.4 Å². The van der Waals surface area contributed by atoms with Crippen molar-refractivity contribution in [1.29, 1.82) is 5.26 Å². The maximum absolute atomic E-state index is 13.2. The van der Waals surface area contributed by atoms with E-state index in [9.17, 15) is 14.4 Å². The van der Waals surface area contributed by atoms with Gasteiger partial charge in [0.2, 0.25) is 0 Å². The van der Waals surface area contributed by atoms with Gasteiger partial charge in [0, 0.05) is 17.2 Å². The normalized spacial score (nSPS) is 20.6. The molecular weight excluding hydrogens is 307 g/mol. The van der Waals surface area contributed by atoms with E-state index in [0.717, 1.165) is 0 Å². The monoisotopic (exact) mass is 328 g/mol. The Bertz CT molecular complexity index is 727. The predicted octanol–water partition coefficient (Wildman–Crippen LogP) is 3.99. The molecule has 2 unspecified atom stereocenters. The number of aliphatic imine (C=N–C) groups is 1. The van der Waals surface area contributed by atoms with Gasteiger partial charge in [0.05, 0.1) is 29.9 Å². The van der Waals surface area contributed by atoms with Gasteiger partial charge in [-0.2, -0.15) is 5.26 Å². The SMILES string of the molecule is CCOC(=O)C1=C(c2ccc(F)cc2)N=C(C)C(C#N)C1C(C)C. The second-order valence-corrected chi connectivity index (χ2v) is 6.12. The first-order valence-corrected chi connectivity index (χ1v) is 8.02. The van der Waals surface area contributed by atoms with Gasteiger partial charge < -0.3 is 4.74 Å². The van der Waals surface area contributed by atoms with E-state index in [1.54, 1.807) is 26.0 Å². The zero-order chi connectivity index (χ0) is 17.9. The van der Waals surface area contributed by atoms with Crippen LogP contribution >= 0.6 is 0 Å². The van der Waals surface area contributed by atoms with Crippen molar-refractivity contribution in [2.75, 3.05) is 6.61 Å². The Morgan fingerprint density at radius 2 is 2.00 bits per heavy atom. The summed E-state index contributed by atoms with van der Waals surface area (Å²) in [5.74, 6) is -1.56. The largest absolute Gasteiger partial charge is 0.463 e. The first-order valence-electron chi connectivity index (χ1n) is 8.02. The molecule has 0 saturated carbocycles. The molecule has 1 heterocycles. The Labute approximate surface area is 141 Å². The average Bonchev–Trinajstić information content (AvgIpc) is 2.54. The summed E-state index contributed by atoms with van der Waals surface area (Å²) in [5, 5.41) is 9.55. The second-order valence-electron chi connectivity index (χ2n) is 6.12. The van der Waals surface area contributed by atoms with Gasteiger partial charge in [0.1, 0.15) is 5.82 Å². The smallest absolute Gasteiger partial charge is 0.336 e. The summed E-state index contributed by atoms with van der Waals surface area (Å²) in [6.07, 6.45) is 0. The number of hydrogen-bond donors (Lipinski definition) is 0. The molecule has 24 heavy (non-hydrogen) atoms. The van der Waals surface area contributed by atoms with E-state index in [0.29, 0.717) is 22.5 Å². The highest BCUT2D eigenvalue weighted by Gasteiger charge is 2.39. The molecule has 0 N–H and O–H groups in total. The molecule has 0 spiro atoms. The van der Waals surface area contributed by atoms with Crippen molar-refractivity contribution < 1.29 is 13.9 Å². The summed E-state index contributed by atoms with van der Waals surface area (Å²) >= 11 is 0. The van der Waals surface area contributed by atoms with Crippen LogP contribution in [0.5, 0.6) is 0 Å². The molecule has 1 aliphatic heterocycles. The van der Waals surface area contributed by atoms with Gasteiger partial charge in [-0.3, -0.25) is 4.99 Å². The Morgan fingerprint density at radius 3 is 2.50 bits per heavy atom. The van der Waals surface area contributed by atoms with Crippen LogP contribution in [0.25, 0.3) is 5.70 Å². The van der Waals surface area contributed by atoms with Gasteiger partial charge in [-0.15, -0.1) is 0 Å². The summed E-state index contributed by atoms with van der Waals surface area (Å²) in [5.41, 5.74) is 2.16. The van der Waals surface area contributed by atoms with Crippen LogP contribution in [0.4, 0.5) is 4.39 Å². The van der Waals surface area contributed by atoms with Crippen LogP contribution in [-0.4, -0.2) is 18.3 Å². The lowest BCUT2D eigenvalue weighted by atomic mass is 9.73. The van der Waals surface area contributed by atoms with Crippen LogP contribution in [0.1, 0.15) is 33.3 Å². The lowest BCUT2D eigenvalue weighted by molar-refractivity contribution is -0.139. The van der Waals surface area contributed by atoms with Crippen LogP contribution in [0.15, 0.2) is 34.8 Å². The second kappa shape index (κ2) is 7.39. The molecule has 126 valence electrons. The standard InChI is InChI=1S/C19H21FN2O2/c1-5-24-19(23)17-16(11(2)3)15(10-21)12(4)22-18(17)13-6-8-14(20)9-7-13/h6-9,11,15-16H,5H2,1-4H3. The Kier molecular flexibility index (Phi) is 5.50. The van der Waals surface area contributed by atoms with Crippen molar-refractivity contribution in [1.82, 2.24) is 0 Å². The average molecular weight is 328 g/mol. The molecule has 4 nitrogen and oxygen atoms in total. The molecule has 0 radical (unpaired) electrons. The third-order valence-corrected chi connectivity index (χ3v) is 4.16. The number of nitrogens with zero attached hydrogens (tertiary/aromatic N) is 2. The number of rotatable bonds is 4. The van der Waals surface area contributed by atoms with Crippen molar-refractivity contribution in [3.05, 3.63) is 41.2 Å². The van der Waals surface area contributed by atoms with Gasteiger partial charge in [-0.25, -0.2) is 9.18 Å². The van der Waals surface area contributed by atoms with Crippen LogP contribution in [0, 0.1) is 34.9 Å². The summed E-state index contributed by atoms with van der Waals surface area (Å²) < 4.78 is 18.5. The summed E-state index contributed by atoms with van der Waals surface area (Å²) in [6.45, 7) is 7.70. The zero-order valence-electron chi connectivity index (χ0n) is 14.3. The number of esters is 1. The Morgan fingerprint density at radius 1 is 1.38 bits per heavy atom. The highest BCUT2D eigenvalue weighted by Crippen LogP contribution is 2.40. The summed E-state index contributed by atoms with van der Waals surface area (Å²) in [6, 6.07) is 8.10. The van der Waals surface area contributed by atoms with Crippen molar-refractivity contribution in [3.8, 4) is 6.07 Å². The fourth-order valence-corrected chi connectivity index (χ4v) is 3.05. The number of benzene rings is 1. The third-order valence-electron chi connectivity index (χ3n) is 4.16. The predicted molar refractivity (Wildman–Crippen MR) is 90.5 cm³/mol. The molecule has 0 saturated heterocycles. The molecule has 1 aromatic carbocycles. The van der Waals surface area contributed by atoms with E-state index in [-0.39, 0.29) is 24.3 Å². The first-order chi connectivity index (χ1) is 11.4. The van der Waals surface area contributed by atoms with Gasteiger partial charge in [-0.05, 0) is 44.0 Å². The Hall–Kier alpha value is -2.48. The van der Waals surface area contributed by atoms with E-state index in [2.05, 4.69) is 11.1 Å². The quantitative estimate of drug-likeness (QED) is 0.785. The molecule has 2 rings (SSSR count). The molecule has 2 atom stereocenters. The highest BCUT2D eigenvalue weighted by atomic mass is 19.1. The number of nitriles is 1. The Balaban J connectivity index is 2.70. The molecule has 5 heteroatoms. The van der Waals surface area contributed by atoms with Gasteiger partial charge in [0.15, 0.2) is 0 Å². The van der Waals surface area contributed by atoms with Crippen molar-refractivity contribution >= 4 is 17.4 Å². The van der Waals surface area contributed by atoms with Gasteiger partial charge in [0.25, 0.3) is 0 Å². The maximum Gasteiger partial charge on any atom is 0.336 e. The van der Waals surface area contributed by atoms with E-state index in [1.165, 1.54) is 12.1 Å². The van der Waals surface area contributed by atoms with Crippen LogP contribution in [0.2, 0.25) is 0 Å². The van der Waals surface area contributed by atoms with Crippen molar-refractivity contribution in [2.45, 2.75) is 27.7 Å². The fourth-order valence-electron chi connectivity index (χ4n) is 3.05. The van der Waals surface area contributed by atoms with Crippen molar-refractivity contribution in [2.24, 2.45) is 22.7 Å². The lowest BCUT2D eigenvalue weighted by Gasteiger charge is -2.32. The van der Waals surface area contributed by atoms with Crippen molar-refractivity contribution in [3.63, 3.8) is 0 Å². The fraction of sp³-hybridized carbons (Fsp3) is 0.421. The number of halogens is 1. The van der Waals surface area contributed by atoms with Gasteiger partial charge in [-0.1, -0.05) is 13.8 Å². The minimum absolute atomic E-state index is 0.0509. The van der Waals surface area contributed by atoms with E-state index < -0.39 is 11.9 Å². The molecule has 0 fully saturated rings. The van der Waals surface area contributed by atoms with Crippen LogP contribution < -0.4 is 0 Å². The first kappa shape index (κ1) is 17.9. The minimum atomic E-state index is -0.478. The van der Waals surface area contributed by atoms with Gasteiger partial charge >= 0.3 is 5.97 Å². The summed E-state index contributed by atoms with van der Waals surface area (Å²) in [7, 11) is 0. The number of carbonyl (C=O) groups excluding carboxylic acids is 1. The lowest BCUT2D eigenvalue weighted by Crippen LogP contribution is -2.34. The minimum Gasteiger partial charge on any atom is -0.463 e. The highest BCUT2D eigenvalue weighted by molar-refractivity contribution is 6.05. The number of ether oxygens (including phenoxy) is 1. The maximum atomic E-state index is 13.2. The molecule has 0 aliphatic carbocycles. The summed E-state index contributed by atoms with van der Waals surface area (Å²) in [4.78, 5) is 17.1.